The molecular formula is C11H12FN5. The van der Waals surface area contributed by atoms with Gasteiger partial charge in [-0.15, -0.1) is 0 Å². The molecule has 6 heteroatoms. The van der Waals surface area contributed by atoms with Crippen LogP contribution in [0.1, 0.15) is 11.1 Å². The number of nitrogens with one attached hydrogen (secondary N) is 1. The largest absolute Gasteiger partial charge is 0.368 e. The Labute approximate surface area is 97.9 Å². The van der Waals surface area contributed by atoms with Crippen molar-refractivity contribution in [2.75, 3.05) is 11.1 Å². The molecule has 0 aliphatic heterocycles. The zero-order chi connectivity index (χ0) is 12.3. The maximum atomic E-state index is 13.3. The topological polar surface area (TPSA) is 76.7 Å². The normalized spacial score (nSPS) is 10.2. The van der Waals surface area contributed by atoms with E-state index in [2.05, 4.69) is 20.3 Å². The second-order valence-electron chi connectivity index (χ2n) is 3.58. The van der Waals surface area contributed by atoms with Crippen LogP contribution >= 0.6 is 0 Å². The molecule has 0 atom stereocenters. The first kappa shape index (κ1) is 11.3. The lowest BCUT2D eigenvalue weighted by atomic mass is 10.1. The zero-order valence-electron chi connectivity index (χ0n) is 9.31. The van der Waals surface area contributed by atoms with Crippen molar-refractivity contribution >= 4 is 11.8 Å². The van der Waals surface area contributed by atoms with Crippen molar-refractivity contribution in [3.8, 4) is 0 Å². The van der Waals surface area contributed by atoms with E-state index in [0.29, 0.717) is 6.54 Å². The molecule has 0 bridgehead atoms. The summed E-state index contributed by atoms with van der Waals surface area (Å²) in [6.45, 7) is 2.40. The average Bonchev–Trinajstić information content (AvgIpc) is 2.32. The SMILES string of the molecule is Cc1ccncc1CNc1nc(N)ncc1F. The summed E-state index contributed by atoms with van der Waals surface area (Å²) in [7, 11) is 0. The minimum atomic E-state index is -0.527. The summed E-state index contributed by atoms with van der Waals surface area (Å²) in [5.74, 6) is -0.390. The van der Waals surface area contributed by atoms with Gasteiger partial charge in [-0.1, -0.05) is 0 Å². The Hall–Kier alpha value is -2.24. The number of hydrogen-bond acceptors (Lipinski definition) is 5. The van der Waals surface area contributed by atoms with Gasteiger partial charge >= 0.3 is 0 Å². The molecule has 2 aromatic heterocycles. The molecule has 0 radical (unpaired) electrons. The van der Waals surface area contributed by atoms with Crippen molar-refractivity contribution in [1.29, 1.82) is 0 Å². The second kappa shape index (κ2) is 4.73. The van der Waals surface area contributed by atoms with Gasteiger partial charge in [0, 0.05) is 18.9 Å². The van der Waals surface area contributed by atoms with Gasteiger partial charge in [0.15, 0.2) is 11.6 Å². The van der Waals surface area contributed by atoms with E-state index in [1.807, 2.05) is 13.0 Å². The van der Waals surface area contributed by atoms with Gasteiger partial charge in [0.1, 0.15) is 0 Å². The van der Waals surface area contributed by atoms with Crippen LogP contribution in [0.5, 0.6) is 0 Å². The van der Waals surface area contributed by atoms with E-state index in [4.69, 9.17) is 5.73 Å². The molecule has 0 unspecified atom stereocenters. The van der Waals surface area contributed by atoms with Gasteiger partial charge in [-0.3, -0.25) is 4.98 Å². The molecule has 5 nitrogen and oxygen atoms in total. The van der Waals surface area contributed by atoms with Crippen molar-refractivity contribution in [3.05, 3.63) is 41.6 Å². The Morgan fingerprint density at radius 3 is 3.00 bits per heavy atom. The highest BCUT2D eigenvalue weighted by atomic mass is 19.1. The van der Waals surface area contributed by atoms with E-state index in [9.17, 15) is 4.39 Å². The molecule has 2 aromatic rings. The molecule has 0 saturated carbocycles. The minimum absolute atomic E-state index is 0.0387. The highest BCUT2D eigenvalue weighted by Gasteiger charge is 2.05. The molecule has 88 valence electrons. The first-order valence-corrected chi connectivity index (χ1v) is 5.08. The van der Waals surface area contributed by atoms with Crippen LogP contribution in [-0.4, -0.2) is 15.0 Å². The number of nitrogen functional groups attached to an aromatic ring is 1. The molecular weight excluding hydrogens is 221 g/mol. The minimum Gasteiger partial charge on any atom is -0.368 e. The molecule has 0 spiro atoms. The van der Waals surface area contributed by atoms with E-state index >= 15 is 0 Å². The van der Waals surface area contributed by atoms with Gasteiger partial charge < -0.3 is 11.1 Å². The van der Waals surface area contributed by atoms with Gasteiger partial charge in [-0.25, -0.2) is 9.37 Å². The molecule has 3 N–H and O–H groups in total. The maximum absolute atomic E-state index is 13.3. The van der Waals surface area contributed by atoms with E-state index < -0.39 is 5.82 Å². The molecule has 17 heavy (non-hydrogen) atoms. The predicted octanol–water partition coefficient (Wildman–Crippen LogP) is 1.51. The summed E-state index contributed by atoms with van der Waals surface area (Å²) in [6.07, 6.45) is 4.48. The fourth-order valence-corrected chi connectivity index (χ4v) is 1.37. The van der Waals surface area contributed by atoms with Crippen LogP contribution in [0.2, 0.25) is 0 Å². The van der Waals surface area contributed by atoms with Gasteiger partial charge in [-0.2, -0.15) is 4.98 Å². The van der Waals surface area contributed by atoms with Crippen LogP contribution < -0.4 is 11.1 Å². The van der Waals surface area contributed by atoms with E-state index in [1.165, 1.54) is 0 Å². The third-order valence-electron chi connectivity index (χ3n) is 2.36. The molecule has 0 aliphatic rings. The summed E-state index contributed by atoms with van der Waals surface area (Å²) in [6, 6.07) is 1.89. The predicted molar refractivity (Wildman–Crippen MR) is 62.7 cm³/mol. The third kappa shape index (κ3) is 2.66. The van der Waals surface area contributed by atoms with E-state index in [0.717, 1.165) is 17.3 Å². The monoisotopic (exact) mass is 233 g/mol. The van der Waals surface area contributed by atoms with E-state index in [1.54, 1.807) is 12.4 Å². The van der Waals surface area contributed by atoms with Crippen molar-refractivity contribution in [2.45, 2.75) is 13.5 Å². The molecule has 2 rings (SSSR count). The van der Waals surface area contributed by atoms with Crippen LogP contribution in [0.3, 0.4) is 0 Å². The number of halogens is 1. The number of hydrogen-bond donors (Lipinski definition) is 2. The molecule has 2 heterocycles. The second-order valence-corrected chi connectivity index (χ2v) is 3.58. The standard InChI is InChI=1S/C11H12FN5/c1-7-2-3-14-4-8(7)5-15-10-9(12)6-16-11(13)17-10/h2-4,6H,5H2,1H3,(H3,13,15,16,17). The lowest BCUT2D eigenvalue weighted by Gasteiger charge is -2.08. The number of anilines is 2. The molecule has 0 aliphatic carbocycles. The van der Waals surface area contributed by atoms with Crippen molar-refractivity contribution < 1.29 is 4.39 Å². The number of nitrogens with two attached hydrogens (primary N) is 1. The third-order valence-corrected chi connectivity index (χ3v) is 2.36. The van der Waals surface area contributed by atoms with E-state index in [-0.39, 0.29) is 11.8 Å². The molecule has 0 fully saturated rings. The Balaban J connectivity index is 2.12. The Bertz CT molecular complexity index is 529. The van der Waals surface area contributed by atoms with Crippen molar-refractivity contribution in [1.82, 2.24) is 15.0 Å². The van der Waals surface area contributed by atoms with Gasteiger partial charge in [0.05, 0.1) is 6.20 Å². The van der Waals surface area contributed by atoms with Gasteiger partial charge in [0.25, 0.3) is 0 Å². The summed E-state index contributed by atoms with van der Waals surface area (Å²) in [4.78, 5) is 11.3. The first-order chi connectivity index (χ1) is 8.16. The van der Waals surface area contributed by atoms with Crippen LogP contribution in [0.15, 0.2) is 24.7 Å². The Morgan fingerprint density at radius 1 is 1.41 bits per heavy atom. The zero-order valence-corrected chi connectivity index (χ0v) is 9.31. The summed E-state index contributed by atoms with van der Waals surface area (Å²) in [5.41, 5.74) is 7.44. The highest BCUT2D eigenvalue weighted by molar-refractivity contribution is 5.40. The van der Waals surface area contributed by atoms with Crippen LogP contribution in [0, 0.1) is 12.7 Å². The number of aryl methyl sites for hydroxylation is 1. The highest BCUT2D eigenvalue weighted by Crippen LogP contribution is 2.13. The number of pyridine rings is 1. The summed E-state index contributed by atoms with van der Waals surface area (Å²) >= 11 is 0. The van der Waals surface area contributed by atoms with Crippen LogP contribution in [0.4, 0.5) is 16.2 Å². The number of aromatic nitrogens is 3. The van der Waals surface area contributed by atoms with Crippen LogP contribution in [0.25, 0.3) is 0 Å². The Morgan fingerprint density at radius 2 is 2.24 bits per heavy atom. The lowest BCUT2D eigenvalue weighted by molar-refractivity contribution is 0.617. The number of rotatable bonds is 3. The lowest BCUT2D eigenvalue weighted by Crippen LogP contribution is -2.07. The van der Waals surface area contributed by atoms with Gasteiger partial charge in [-0.05, 0) is 24.1 Å². The average molecular weight is 233 g/mol. The fourth-order valence-electron chi connectivity index (χ4n) is 1.37. The summed E-state index contributed by atoms with van der Waals surface area (Å²) < 4.78 is 13.3. The fraction of sp³-hybridized carbons (Fsp3) is 0.182. The maximum Gasteiger partial charge on any atom is 0.222 e. The smallest absolute Gasteiger partial charge is 0.222 e. The number of nitrogens with zero attached hydrogens (tertiary/aromatic N) is 3. The van der Waals surface area contributed by atoms with Crippen molar-refractivity contribution in [2.24, 2.45) is 0 Å². The molecule has 0 amide bonds. The first-order valence-electron chi connectivity index (χ1n) is 5.08. The molecule has 0 saturated heterocycles. The quantitative estimate of drug-likeness (QED) is 0.840. The summed E-state index contributed by atoms with van der Waals surface area (Å²) in [5, 5.41) is 2.86. The Kier molecular flexibility index (Phi) is 3.13. The van der Waals surface area contributed by atoms with Gasteiger partial charge in [0.2, 0.25) is 5.95 Å². The molecule has 0 aromatic carbocycles. The van der Waals surface area contributed by atoms with Crippen molar-refractivity contribution in [3.63, 3.8) is 0 Å². The van der Waals surface area contributed by atoms with Crippen LogP contribution in [-0.2, 0) is 6.54 Å².